The molecule has 0 aliphatic heterocycles. The number of rotatable bonds is 10. The third-order valence-electron chi connectivity index (χ3n) is 3.05. The predicted octanol–water partition coefficient (Wildman–Crippen LogP) is 1.08. The lowest BCUT2D eigenvalue weighted by Gasteiger charge is -2.17. The molecule has 0 saturated carbocycles. The van der Waals surface area contributed by atoms with E-state index in [9.17, 15) is 4.79 Å². The minimum absolute atomic E-state index is 0.0581. The summed E-state index contributed by atoms with van der Waals surface area (Å²) in [4.78, 5) is 14.0. The predicted molar refractivity (Wildman–Crippen MR) is 73.1 cm³/mol. The van der Waals surface area contributed by atoms with Crippen molar-refractivity contribution in [3.05, 3.63) is 0 Å². The molecule has 0 fully saturated rings. The van der Waals surface area contributed by atoms with E-state index in [0.717, 1.165) is 45.6 Å². The Labute approximate surface area is 106 Å². The summed E-state index contributed by atoms with van der Waals surface area (Å²) in [6.07, 6.45) is 2.22. The van der Waals surface area contributed by atoms with Gasteiger partial charge in [-0.1, -0.05) is 20.8 Å². The van der Waals surface area contributed by atoms with Gasteiger partial charge in [0, 0.05) is 19.0 Å². The molecular formula is C13H29N3O. The molecular weight excluding hydrogens is 214 g/mol. The van der Waals surface area contributed by atoms with Gasteiger partial charge >= 0.3 is 0 Å². The van der Waals surface area contributed by atoms with Crippen molar-refractivity contribution in [1.82, 2.24) is 15.5 Å². The second kappa shape index (κ2) is 10.5. The number of hydrogen-bond donors (Lipinski definition) is 2. The van der Waals surface area contributed by atoms with Crippen LogP contribution in [0.25, 0.3) is 0 Å². The van der Waals surface area contributed by atoms with Crippen LogP contribution in [0.15, 0.2) is 0 Å². The summed E-state index contributed by atoms with van der Waals surface area (Å²) in [6.45, 7) is 11.2. The molecule has 0 aromatic rings. The molecule has 0 aliphatic carbocycles. The standard InChI is InChI=1S/C13H29N3O/c1-5-16(6-2)10-8-7-9-15-13(17)12(3)11-14-4/h12,14H,5-11H2,1-4H3,(H,15,17). The van der Waals surface area contributed by atoms with Crippen LogP contribution in [-0.4, -0.2) is 50.6 Å². The van der Waals surface area contributed by atoms with Crippen molar-refractivity contribution in [3.8, 4) is 0 Å². The molecule has 0 bridgehead atoms. The number of unbranched alkanes of at least 4 members (excludes halogenated alkanes) is 1. The first-order valence-electron chi connectivity index (χ1n) is 6.80. The number of carbonyl (C=O) groups excluding carboxylic acids is 1. The van der Waals surface area contributed by atoms with E-state index >= 15 is 0 Å². The van der Waals surface area contributed by atoms with Crippen molar-refractivity contribution in [1.29, 1.82) is 0 Å². The highest BCUT2D eigenvalue weighted by Gasteiger charge is 2.10. The molecule has 2 N–H and O–H groups in total. The molecule has 0 aromatic heterocycles. The van der Waals surface area contributed by atoms with Crippen molar-refractivity contribution in [2.24, 2.45) is 5.92 Å². The van der Waals surface area contributed by atoms with Gasteiger partial charge in [0.1, 0.15) is 0 Å². The minimum Gasteiger partial charge on any atom is -0.356 e. The van der Waals surface area contributed by atoms with Gasteiger partial charge in [0.2, 0.25) is 5.91 Å². The van der Waals surface area contributed by atoms with E-state index in [1.54, 1.807) is 0 Å². The number of hydrogen-bond acceptors (Lipinski definition) is 3. The van der Waals surface area contributed by atoms with Gasteiger partial charge in [-0.3, -0.25) is 4.79 Å². The highest BCUT2D eigenvalue weighted by molar-refractivity contribution is 5.78. The first-order valence-corrected chi connectivity index (χ1v) is 6.80. The lowest BCUT2D eigenvalue weighted by molar-refractivity contribution is -0.124. The monoisotopic (exact) mass is 243 g/mol. The van der Waals surface area contributed by atoms with Crippen LogP contribution in [0.3, 0.4) is 0 Å². The van der Waals surface area contributed by atoms with E-state index in [1.807, 2.05) is 14.0 Å². The van der Waals surface area contributed by atoms with E-state index in [1.165, 1.54) is 0 Å². The average molecular weight is 243 g/mol. The Morgan fingerprint density at radius 3 is 2.41 bits per heavy atom. The smallest absolute Gasteiger partial charge is 0.224 e. The fourth-order valence-electron chi connectivity index (χ4n) is 1.78. The van der Waals surface area contributed by atoms with Gasteiger partial charge in [-0.15, -0.1) is 0 Å². The van der Waals surface area contributed by atoms with Crippen LogP contribution in [0.4, 0.5) is 0 Å². The minimum atomic E-state index is 0.0581. The molecule has 4 nitrogen and oxygen atoms in total. The van der Waals surface area contributed by atoms with Crippen molar-refractivity contribution in [2.75, 3.05) is 39.8 Å². The Morgan fingerprint density at radius 2 is 1.88 bits per heavy atom. The van der Waals surface area contributed by atoms with E-state index in [-0.39, 0.29) is 11.8 Å². The van der Waals surface area contributed by atoms with Gasteiger partial charge in [0.25, 0.3) is 0 Å². The highest BCUT2D eigenvalue weighted by Crippen LogP contribution is 1.96. The largest absolute Gasteiger partial charge is 0.356 e. The van der Waals surface area contributed by atoms with E-state index in [0.29, 0.717) is 0 Å². The molecule has 0 spiro atoms. The maximum atomic E-state index is 11.6. The number of carbonyl (C=O) groups is 1. The molecule has 1 atom stereocenters. The van der Waals surface area contributed by atoms with Gasteiger partial charge in [0.15, 0.2) is 0 Å². The Morgan fingerprint density at radius 1 is 1.24 bits per heavy atom. The van der Waals surface area contributed by atoms with E-state index in [2.05, 4.69) is 29.4 Å². The third kappa shape index (κ3) is 8.16. The maximum Gasteiger partial charge on any atom is 0.224 e. The Bertz CT molecular complexity index is 193. The second-order valence-corrected chi connectivity index (χ2v) is 4.48. The van der Waals surface area contributed by atoms with Gasteiger partial charge in [-0.25, -0.2) is 0 Å². The lowest BCUT2D eigenvalue weighted by atomic mass is 10.1. The zero-order chi connectivity index (χ0) is 13.1. The summed E-state index contributed by atoms with van der Waals surface area (Å²) in [5, 5.41) is 5.99. The Balaban J connectivity index is 3.47. The summed E-state index contributed by atoms with van der Waals surface area (Å²) in [7, 11) is 1.87. The average Bonchev–Trinajstić information content (AvgIpc) is 2.33. The normalized spacial score (nSPS) is 12.8. The molecule has 4 heteroatoms. The molecule has 1 amide bonds. The zero-order valence-corrected chi connectivity index (χ0v) is 11.9. The van der Waals surface area contributed by atoms with Crippen molar-refractivity contribution in [3.63, 3.8) is 0 Å². The number of nitrogens with zero attached hydrogens (tertiary/aromatic N) is 1. The molecule has 17 heavy (non-hydrogen) atoms. The van der Waals surface area contributed by atoms with Crippen LogP contribution in [0, 0.1) is 5.92 Å². The van der Waals surface area contributed by atoms with E-state index < -0.39 is 0 Å². The van der Waals surface area contributed by atoms with Crippen LogP contribution < -0.4 is 10.6 Å². The molecule has 0 radical (unpaired) electrons. The van der Waals surface area contributed by atoms with Crippen LogP contribution in [0.5, 0.6) is 0 Å². The Hall–Kier alpha value is -0.610. The van der Waals surface area contributed by atoms with Crippen LogP contribution in [0.2, 0.25) is 0 Å². The lowest BCUT2D eigenvalue weighted by Crippen LogP contribution is -2.35. The van der Waals surface area contributed by atoms with Crippen molar-refractivity contribution < 1.29 is 4.79 Å². The number of amides is 1. The fourth-order valence-corrected chi connectivity index (χ4v) is 1.78. The molecule has 0 aromatic carbocycles. The fraction of sp³-hybridized carbons (Fsp3) is 0.923. The summed E-state index contributed by atoms with van der Waals surface area (Å²) in [5.41, 5.74) is 0. The van der Waals surface area contributed by atoms with Crippen LogP contribution in [-0.2, 0) is 4.79 Å². The topological polar surface area (TPSA) is 44.4 Å². The summed E-state index contributed by atoms with van der Waals surface area (Å²) >= 11 is 0. The highest BCUT2D eigenvalue weighted by atomic mass is 16.1. The quantitative estimate of drug-likeness (QED) is 0.564. The SMILES string of the molecule is CCN(CC)CCCCNC(=O)C(C)CNC. The summed E-state index contributed by atoms with van der Waals surface area (Å²) < 4.78 is 0. The first kappa shape index (κ1) is 16.4. The molecule has 0 heterocycles. The molecule has 0 aliphatic rings. The van der Waals surface area contributed by atoms with Crippen molar-refractivity contribution in [2.45, 2.75) is 33.6 Å². The van der Waals surface area contributed by atoms with Gasteiger partial charge in [-0.2, -0.15) is 0 Å². The van der Waals surface area contributed by atoms with E-state index in [4.69, 9.17) is 0 Å². The van der Waals surface area contributed by atoms with Crippen molar-refractivity contribution >= 4 is 5.91 Å². The maximum absolute atomic E-state index is 11.6. The first-order chi connectivity index (χ1) is 8.15. The van der Waals surface area contributed by atoms with Gasteiger partial charge < -0.3 is 15.5 Å². The summed E-state index contributed by atoms with van der Waals surface area (Å²) in [5.74, 6) is 0.213. The molecule has 1 unspecified atom stereocenters. The molecule has 0 saturated heterocycles. The van der Waals surface area contributed by atoms with Crippen LogP contribution >= 0.6 is 0 Å². The summed E-state index contributed by atoms with van der Waals surface area (Å²) in [6, 6.07) is 0. The van der Waals surface area contributed by atoms with Gasteiger partial charge in [-0.05, 0) is 39.5 Å². The zero-order valence-electron chi connectivity index (χ0n) is 11.9. The Kier molecular flexibility index (Phi) is 10.2. The second-order valence-electron chi connectivity index (χ2n) is 4.48. The van der Waals surface area contributed by atoms with Gasteiger partial charge in [0.05, 0.1) is 0 Å². The molecule has 0 rings (SSSR count). The third-order valence-corrected chi connectivity index (χ3v) is 3.05. The van der Waals surface area contributed by atoms with Crippen LogP contribution in [0.1, 0.15) is 33.6 Å². The molecule has 102 valence electrons. The number of nitrogens with one attached hydrogen (secondary N) is 2.